The van der Waals surface area contributed by atoms with Crippen LogP contribution in [0.4, 0.5) is 0 Å². The van der Waals surface area contributed by atoms with Crippen molar-refractivity contribution < 1.29 is 0 Å². The summed E-state index contributed by atoms with van der Waals surface area (Å²) in [6.07, 6.45) is 7.33. The van der Waals surface area contributed by atoms with Gasteiger partial charge in [-0.3, -0.25) is 0 Å². The Morgan fingerprint density at radius 1 is 1.40 bits per heavy atom. The van der Waals surface area contributed by atoms with Gasteiger partial charge < -0.3 is 10.6 Å². The highest BCUT2D eigenvalue weighted by Gasteiger charge is 2.02. The molecular weight excluding hydrogens is 381 g/mol. The molecule has 0 aromatic heterocycles. The van der Waals surface area contributed by atoms with Crippen LogP contribution in [0.2, 0.25) is 0 Å². The van der Waals surface area contributed by atoms with Crippen LogP contribution in [-0.2, 0) is 6.54 Å². The highest BCUT2D eigenvalue weighted by Crippen LogP contribution is 2.22. The molecule has 0 radical (unpaired) electrons. The topological polar surface area (TPSA) is 36.4 Å². The molecule has 0 aliphatic heterocycles. The lowest BCUT2D eigenvalue weighted by Crippen LogP contribution is -2.37. The van der Waals surface area contributed by atoms with Gasteiger partial charge in [-0.25, -0.2) is 4.99 Å². The van der Waals surface area contributed by atoms with Crippen molar-refractivity contribution in [1.29, 1.82) is 0 Å². The summed E-state index contributed by atoms with van der Waals surface area (Å²) >= 11 is 1.75. The van der Waals surface area contributed by atoms with Crippen LogP contribution >= 0.6 is 35.7 Å². The summed E-state index contributed by atoms with van der Waals surface area (Å²) in [7, 11) is 0. The molecule has 0 aliphatic carbocycles. The summed E-state index contributed by atoms with van der Waals surface area (Å²) in [5, 5.41) is 6.26. The highest BCUT2D eigenvalue weighted by molar-refractivity contribution is 14.0. The van der Waals surface area contributed by atoms with Crippen LogP contribution in [0, 0.1) is 19.3 Å². The fourth-order valence-electron chi connectivity index (χ4n) is 1.62. The zero-order chi connectivity index (χ0) is 14.1. The lowest BCUT2D eigenvalue weighted by Gasteiger charge is -2.10. The zero-order valence-electron chi connectivity index (χ0n) is 12.2. The lowest BCUT2D eigenvalue weighted by molar-refractivity contribution is 0.861. The molecule has 110 valence electrons. The van der Waals surface area contributed by atoms with Crippen molar-refractivity contribution in [3.05, 3.63) is 29.3 Å². The first kappa shape index (κ1) is 19.1. The summed E-state index contributed by atoms with van der Waals surface area (Å²) in [6, 6.07) is 6.44. The first-order valence-corrected chi connectivity index (χ1v) is 7.52. The molecule has 1 rings (SSSR count). The predicted molar refractivity (Wildman–Crippen MR) is 100 cm³/mol. The Morgan fingerprint density at radius 2 is 2.15 bits per heavy atom. The van der Waals surface area contributed by atoms with Gasteiger partial charge in [0.25, 0.3) is 0 Å². The molecular formula is C15H22IN3S. The molecule has 0 saturated heterocycles. The Morgan fingerprint density at radius 3 is 2.75 bits per heavy atom. The molecule has 0 saturated carbocycles. The summed E-state index contributed by atoms with van der Waals surface area (Å²) in [5.41, 5.74) is 2.51. The van der Waals surface area contributed by atoms with Gasteiger partial charge in [0.2, 0.25) is 0 Å². The average Bonchev–Trinajstić information content (AvgIpc) is 2.42. The average molecular weight is 403 g/mol. The van der Waals surface area contributed by atoms with E-state index >= 15 is 0 Å². The Labute approximate surface area is 143 Å². The first-order chi connectivity index (χ1) is 9.21. The quantitative estimate of drug-likeness (QED) is 0.261. The van der Waals surface area contributed by atoms with Crippen molar-refractivity contribution in [2.45, 2.75) is 25.3 Å². The van der Waals surface area contributed by atoms with E-state index in [9.17, 15) is 0 Å². The number of aryl methyl sites for hydroxylation is 1. The normalized spacial score (nSPS) is 10.4. The summed E-state index contributed by atoms with van der Waals surface area (Å²) in [4.78, 5) is 5.82. The minimum atomic E-state index is 0. The van der Waals surface area contributed by atoms with Crippen molar-refractivity contribution >= 4 is 41.7 Å². The van der Waals surface area contributed by atoms with Crippen LogP contribution < -0.4 is 10.6 Å². The van der Waals surface area contributed by atoms with Gasteiger partial charge in [0.05, 0.1) is 13.1 Å². The van der Waals surface area contributed by atoms with Crippen LogP contribution in [-0.4, -0.2) is 25.3 Å². The SMILES string of the molecule is C#CCNC(=NCc1ccc(C)cc1SC)NCC.I. The third-order valence-electron chi connectivity index (χ3n) is 2.55. The molecule has 0 aliphatic rings. The fraction of sp³-hybridized carbons (Fsp3) is 0.400. The first-order valence-electron chi connectivity index (χ1n) is 6.30. The Hall–Kier alpha value is -0.870. The maximum absolute atomic E-state index is 5.24. The van der Waals surface area contributed by atoms with Crippen molar-refractivity contribution in [3.63, 3.8) is 0 Å². The number of hydrogen-bond donors (Lipinski definition) is 2. The second kappa shape index (κ2) is 10.9. The number of nitrogens with zero attached hydrogens (tertiary/aromatic N) is 1. The Kier molecular flexibility index (Phi) is 10.4. The fourth-order valence-corrected chi connectivity index (χ4v) is 2.32. The third kappa shape index (κ3) is 6.53. The number of aliphatic imine (C=N–C) groups is 1. The minimum Gasteiger partial charge on any atom is -0.357 e. The summed E-state index contributed by atoms with van der Waals surface area (Å²) in [6.45, 7) is 6.09. The van der Waals surface area contributed by atoms with Crippen LogP contribution in [0.3, 0.4) is 0 Å². The highest BCUT2D eigenvalue weighted by atomic mass is 127. The standard InChI is InChI=1S/C15H21N3S.HI/c1-5-9-17-15(16-6-2)18-11-13-8-7-12(3)10-14(13)19-4;/h1,7-8,10H,6,9,11H2,2-4H3,(H2,16,17,18);1H. The number of nitrogens with one attached hydrogen (secondary N) is 2. The van der Waals surface area contributed by atoms with E-state index in [0.717, 1.165) is 12.5 Å². The molecule has 3 nitrogen and oxygen atoms in total. The smallest absolute Gasteiger partial charge is 0.192 e. The van der Waals surface area contributed by atoms with Gasteiger partial charge in [0, 0.05) is 11.4 Å². The molecule has 2 N–H and O–H groups in total. The second-order valence-corrected chi connectivity index (χ2v) is 4.92. The Balaban J connectivity index is 0.00000361. The number of guanidine groups is 1. The number of hydrogen-bond acceptors (Lipinski definition) is 2. The van der Waals surface area contributed by atoms with Gasteiger partial charge in [-0.05, 0) is 37.3 Å². The molecule has 1 aromatic carbocycles. The van der Waals surface area contributed by atoms with Crippen LogP contribution in [0.25, 0.3) is 0 Å². The van der Waals surface area contributed by atoms with Crippen molar-refractivity contribution in [2.24, 2.45) is 4.99 Å². The molecule has 0 spiro atoms. The third-order valence-corrected chi connectivity index (χ3v) is 3.37. The van der Waals surface area contributed by atoms with Gasteiger partial charge in [0.15, 0.2) is 5.96 Å². The van der Waals surface area contributed by atoms with Gasteiger partial charge >= 0.3 is 0 Å². The van der Waals surface area contributed by atoms with E-state index in [1.54, 1.807) is 11.8 Å². The maximum Gasteiger partial charge on any atom is 0.192 e. The van der Waals surface area contributed by atoms with Gasteiger partial charge in [-0.1, -0.05) is 18.1 Å². The maximum atomic E-state index is 5.24. The molecule has 1 aromatic rings. The van der Waals surface area contributed by atoms with E-state index in [-0.39, 0.29) is 24.0 Å². The van der Waals surface area contributed by atoms with Gasteiger partial charge in [-0.2, -0.15) is 0 Å². The van der Waals surface area contributed by atoms with E-state index in [4.69, 9.17) is 6.42 Å². The number of thioether (sulfide) groups is 1. The second-order valence-electron chi connectivity index (χ2n) is 4.07. The largest absolute Gasteiger partial charge is 0.357 e. The minimum absolute atomic E-state index is 0. The molecule has 0 bridgehead atoms. The van der Waals surface area contributed by atoms with Gasteiger partial charge in [-0.15, -0.1) is 42.2 Å². The molecule has 0 fully saturated rings. The van der Waals surface area contributed by atoms with E-state index in [2.05, 4.69) is 52.9 Å². The molecule has 5 heteroatoms. The van der Waals surface area contributed by atoms with Crippen LogP contribution in [0.5, 0.6) is 0 Å². The monoisotopic (exact) mass is 403 g/mol. The van der Waals surface area contributed by atoms with Crippen molar-refractivity contribution in [1.82, 2.24) is 10.6 Å². The number of benzene rings is 1. The van der Waals surface area contributed by atoms with Crippen LogP contribution in [0.1, 0.15) is 18.1 Å². The zero-order valence-corrected chi connectivity index (χ0v) is 15.3. The lowest BCUT2D eigenvalue weighted by atomic mass is 10.1. The van der Waals surface area contributed by atoms with Crippen molar-refractivity contribution in [3.8, 4) is 12.3 Å². The summed E-state index contributed by atoms with van der Waals surface area (Å²) in [5.74, 6) is 3.31. The van der Waals surface area contributed by atoms with Crippen molar-refractivity contribution in [2.75, 3.05) is 19.3 Å². The molecule has 0 heterocycles. The molecule has 20 heavy (non-hydrogen) atoms. The predicted octanol–water partition coefficient (Wildman–Crippen LogP) is 3.02. The number of terminal acetylenes is 1. The number of rotatable bonds is 5. The van der Waals surface area contributed by atoms with E-state index in [1.165, 1.54) is 16.0 Å². The van der Waals surface area contributed by atoms with E-state index in [0.29, 0.717) is 13.1 Å². The summed E-state index contributed by atoms with van der Waals surface area (Å²) < 4.78 is 0. The van der Waals surface area contributed by atoms with E-state index < -0.39 is 0 Å². The number of halogens is 1. The van der Waals surface area contributed by atoms with Gasteiger partial charge in [0.1, 0.15) is 0 Å². The molecule has 0 amide bonds. The molecule has 0 atom stereocenters. The Bertz CT molecular complexity index is 480. The van der Waals surface area contributed by atoms with E-state index in [1.807, 2.05) is 6.92 Å². The van der Waals surface area contributed by atoms with Crippen LogP contribution in [0.15, 0.2) is 28.1 Å². The molecule has 0 unspecified atom stereocenters.